The second-order valence-corrected chi connectivity index (χ2v) is 8.88. The van der Waals surface area contributed by atoms with Gasteiger partial charge in [0.2, 0.25) is 0 Å². The zero-order valence-electron chi connectivity index (χ0n) is 16.5. The molecule has 1 amide bonds. The van der Waals surface area contributed by atoms with Crippen molar-refractivity contribution in [3.63, 3.8) is 0 Å². The molecule has 1 N–H and O–H groups in total. The topological polar surface area (TPSA) is 47.9 Å². The smallest absolute Gasteiger partial charge is 0.281 e. The number of hydrazine groups is 1. The predicted molar refractivity (Wildman–Crippen MR) is 123 cm³/mol. The van der Waals surface area contributed by atoms with Crippen LogP contribution in [0, 0.1) is 0 Å². The van der Waals surface area contributed by atoms with Crippen LogP contribution in [0.2, 0.25) is 15.1 Å². The maximum absolute atomic E-state index is 13.0. The molecule has 2 aliphatic rings. The van der Waals surface area contributed by atoms with Crippen molar-refractivity contribution in [2.45, 2.75) is 38.1 Å². The third kappa shape index (κ3) is 4.92. The largest absolute Gasteiger partial charge is 0.284 e. The first-order valence-corrected chi connectivity index (χ1v) is 11.3. The van der Waals surface area contributed by atoms with E-state index in [2.05, 4.69) is 10.5 Å². The first-order valence-electron chi connectivity index (χ1n) is 10.1. The maximum atomic E-state index is 13.0. The summed E-state index contributed by atoms with van der Waals surface area (Å²) in [6.07, 6.45) is 5.06. The number of nitrogens with one attached hydrogen (secondary N) is 1. The molecular formula is C22H23Cl3N4O. The van der Waals surface area contributed by atoms with E-state index in [1.54, 1.807) is 17.1 Å². The van der Waals surface area contributed by atoms with E-state index in [9.17, 15) is 4.79 Å². The minimum Gasteiger partial charge on any atom is -0.284 e. The fourth-order valence-corrected chi connectivity index (χ4v) is 4.49. The van der Waals surface area contributed by atoms with E-state index in [0.717, 1.165) is 31.5 Å². The summed E-state index contributed by atoms with van der Waals surface area (Å²) in [7, 11) is 0. The highest BCUT2D eigenvalue weighted by molar-refractivity contribution is 6.40. The summed E-state index contributed by atoms with van der Waals surface area (Å²) in [5.74, 6) is -0.163. The molecule has 158 valence electrons. The van der Waals surface area contributed by atoms with Crippen LogP contribution in [0.15, 0.2) is 47.6 Å². The van der Waals surface area contributed by atoms with Gasteiger partial charge in [0.15, 0.2) is 0 Å². The molecule has 0 saturated carbocycles. The zero-order chi connectivity index (χ0) is 21.1. The van der Waals surface area contributed by atoms with Gasteiger partial charge in [-0.3, -0.25) is 15.2 Å². The molecule has 0 unspecified atom stereocenters. The van der Waals surface area contributed by atoms with Gasteiger partial charge in [-0.2, -0.15) is 5.10 Å². The minimum atomic E-state index is -0.163. The van der Waals surface area contributed by atoms with E-state index < -0.39 is 0 Å². The summed E-state index contributed by atoms with van der Waals surface area (Å²) in [5.41, 5.74) is 5.23. The molecule has 2 aromatic carbocycles. The Morgan fingerprint density at radius 1 is 0.933 bits per heavy atom. The number of benzene rings is 2. The van der Waals surface area contributed by atoms with E-state index in [4.69, 9.17) is 34.8 Å². The SMILES string of the molecule is O=C(NN1CCCCCC1)C1=NN(c2ccc(Cl)cc2Cl)[C@@H](c2ccc(Cl)cc2)C1. The van der Waals surface area contributed by atoms with E-state index in [1.807, 2.05) is 35.3 Å². The fraction of sp³-hybridized carbons (Fsp3) is 0.364. The third-order valence-electron chi connectivity index (χ3n) is 5.45. The third-order valence-corrected chi connectivity index (χ3v) is 6.24. The molecule has 0 radical (unpaired) electrons. The average molecular weight is 466 g/mol. The van der Waals surface area contributed by atoms with Crippen LogP contribution in [0.5, 0.6) is 0 Å². The van der Waals surface area contributed by atoms with Crippen LogP contribution in [-0.2, 0) is 4.79 Å². The number of halogens is 3. The predicted octanol–water partition coefficient (Wildman–Crippen LogP) is 5.86. The highest BCUT2D eigenvalue weighted by Crippen LogP contribution is 2.39. The fourth-order valence-electron chi connectivity index (χ4n) is 3.87. The molecule has 5 nitrogen and oxygen atoms in total. The van der Waals surface area contributed by atoms with Gasteiger partial charge in [0.1, 0.15) is 5.71 Å². The van der Waals surface area contributed by atoms with Crippen LogP contribution in [-0.4, -0.2) is 29.7 Å². The minimum absolute atomic E-state index is 0.161. The monoisotopic (exact) mass is 464 g/mol. The average Bonchev–Trinajstić information content (AvgIpc) is 3.00. The van der Waals surface area contributed by atoms with Gasteiger partial charge in [-0.1, -0.05) is 59.8 Å². The quantitative estimate of drug-likeness (QED) is 0.615. The summed E-state index contributed by atoms with van der Waals surface area (Å²) >= 11 is 18.6. The molecule has 2 aromatic rings. The lowest BCUT2D eigenvalue weighted by atomic mass is 10.0. The number of carbonyl (C=O) groups is 1. The molecule has 0 bridgehead atoms. The van der Waals surface area contributed by atoms with Crippen molar-refractivity contribution in [3.8, 4) is 0 Å². The van der Waals surface area contributed by atoms with Crippen LogP contribution in [0.1, 0.15) is 43.7 Å². The molecule has 0 aromatic heterocycles. The van der Waals surface area contributed by atoms with Gasteiger partial charge in [-0.15, -0.1) is 0 Å². The van der Waals surface area contributed by atoms with E-state index in [1.165, 1.54) is 12.8 Å². The number of nitrogens with zero attached hydrogens (tertiary/aromatic N) is 3. The Balaban J connectivity index is 1.61. The Kier molecular flexibility index (Phi) is 6.84. The van der Waals surface area contributed by atoms with Crippen LogP contribution < -0.4 is 10.4 Å². The Hall–Kier alpha value is -1.79. The summed E-state index contributed by atoms with van der Waals surface area (Å²) < 4.78 is 0. The Bertz CT molecular complexity index is 940. The van der Waals surface area contributed by atoms with Gasteiger partial charge in [0.25, 0.3) is 5.91 Å². The van der Waals surface area contributed by atoms with Crippen LogP contribution in [0.3, 0.4) is 0 Å². The molecule has 0 spiro atoms. The van der Waals surface area contributed by atoms with Gasteiger partial charge in [-0.05, 0) is 48.7 Å². The maximum Gasteiger partial charge on any atom is 0.281 e. The second kappa shape index (κ2) is 9.56. The molecule has 0 aliphatic carbocycles. The second-order valence-electron chi connectivity index (χ2n) is 7.60. The molecule has 1 atom stereocenters. The zero-order valence-corrected chi connectivity index (χ0v) is 18.7. The van der Waals surface area contributed by atoms with Crippen molar-refractivity contribution >= 4 is 52.1 Å². The number of amides is 1. The molecule has 2 aliphatic heterocycles. The Morgan fingerprint density at radius 2 is 1.60 bits per heavy atom. The summed E-state index contributed by atoms with van der Waals surface area (Å²) in [4.78, 5) is 13.0. The van der Waals surface area contributed by atoms with Crippen molar-refractivity contribution in [1.82, 2.24) is 10.4 Å². The summed E-state index contributed by atoms with van der Waals surface area (Å²) in [6.45, 7) is 1.73. The van der Waals surface area contributed by atoms with Crippen molar-refractivity contribution < 1.29 is 4.79 Å². The van der Waals surface area contributed by atoms with Crippen molar-refractivity contribution in [2.75, 3.05) is 18.1 Å². The Labute approximate surface area is 191 Å². The number of hydrogen-bond acceptors (Lipinski definition) is 4. The number of hydrogen-bond donors (Lipinski definition) is 1. The lowest BCUT2D eigenvalue weighted by molar-refractivity contribution is -0.119. The molecule has 1 saturated heterocycles. The van der Waals surface area contributed by atoms with Gasteiger partial charge in [0, 0.05) is 29.6 Å². The molecule has 1 fully saturated rings. The van der Waals surface area contributed by atoms with Gasteiger partial charge in [0.05, 0.1) is 16.8 Å². The highest BCUT2D eigenvalue weighted by Gasteiger charge is 2.34. The Morgan fingerprint density at radius 3 is 2.27 bits per heavy atom. The molecule has 4 rings (SSSR count). The lowest BCUT2D eigenvalue weighted by Gasteiger charge is -2.25. The normalized spacial score (nSPS) is 20.0. The highest BCUT2D eigenvalue weighted by atomic mass is 35.5. The summed E-state index contributed by atoms with van der Waals surface area (Å²) in [6, 6.07) is 12.7. The number of hydrazone groups is 1. The van der Waals surface area contributed by atoms with Crippen LogP contribution >= 0.6 is 34.8 Å². The standard InChI is InChI=1S/C22H23Cl3N4O/c23-16-7-5-15(6-8-16)21-14-19(22(30)27-28-11-3-1-2-4-12-28)26-29(21)20-10-9-17(24)13-18(20)25/h5-10,13,21H,1-4,11-12,14H2,(H,27,30)/t21-/m1/s1. The summed E-state index contributed by atoms with van der Waals surface area (Å²) in [5, 5.41) is 10.2. The first-order chi connectivity index (χ1) is 14.5. The molecular weight excluding hydrogens is 443 g/mol. The molecule has 30 heavy (non-hydrogen) atoms. The van der Waals surface area contributed by atoms with Crippen LogP contribution in [0.4, 0.5) is 5.69 Å². The number of anilines is 1. The van der Waals surface area contributed by atoms with E-state index in [0.29, 0.717) is 32.9 Å². The van der Waals surface area contributed by atoms with Gasteiger partial charge < -0.3 is 0 Å². The van der Waals surface area contributed by atoms with Gasteiger partial charge in [-0.25, -0.2) is 5.01 Å². The van der Waals surface area contributed by atoms with E-state index in [-0.39, 0.29) is 11.9 Å². The van der Waals surface area contributed by atoms with Crippen molar-refractivity contribution in [1.29, 1.82) is 0 Å². The van der Waals surface area contributed by atoms with Crippen LogP contribution in [0.25, 0.3) is 0 Å². The molecule has 8 heteroatoms. The van der Waals surface area contributed by atoms with Gasteiger partial charge >= 0.3 is 0 Å². The number of carbonyl (C=O) groups excluding carboxylic acids is 1. The molecule has 2 heterocycles. The van der Waals surface area contributed by atoms with Crippen molar-refractivity contribution in [2.24, 2.45) is 5.10 Å². The lowest BCUT2D eigenvalue weighted by Crippen LogP contribution is -2.45. The number of rotatable bonds is 4. The van der Waals surface area contributed by atoms with E-state index >= 15 is 0 Å². The first kappa shape index (κ1) is 21.4. The van der Waals surface area contributed by atoms with Crippen molar-refractivity contribution in [3.05, 3.63) is 63.1 Å².